The molecule has 0 atom stereocenters. The van der Waals surface area contributed by atoms with Crippen molar-refractivity contribution in [1.82, 2.24) is 19.9 Å². The predicted molar refractivity (Wildman–Crippen MR) is 98.6 cm³/mol. The van der Waals surface area contributed by atoms with Gasteiger partial charge >= 0.3 is 0 Å². The van der Waals surface area contributed by atoms with Crippen LogP contribution in [0.4, 0.5) is 8.78 Å². The maximum Gasteiger partial charge on any atom is 0.150 e. The normalized spacial score (nSPS) is 20.4. The number of aromatic amines is 1. The highest BCUT2D eigenvalue weighted by atomic mass is 19.1. The van der Waals surface area contributed by atoms with Gasteiger partial charge in [0.15, 0.2) is 5.82 Å². The van der Waals surface area contributed by atoms with Crippen LogP contribution in [0.15, 0.2) is 30.7 Å². The number of hydrogen-bond donors (Lipinski definition) is 2. The van der Waals surface area contributed by atoms with Crippen molar-refractivity contribution in [3.63, 3.8) is 0 Å². The van der Waals surface area contributed by atoms with Crippen molar-refractivity contribution in [3.8, 4) is 11.3 Å². The average Bonchev–Trinajstić information content (AvgIpc) is 3.03. The highest BCUT2D eigenvalue weighted by Gasteiger charge is 2.39. The van der Waals surface area contributed by atoms with Crippen LogP contribution in [0.2, 0.25) is 0 Å². The van der Waals surface area contributed by atoms with Crippen LogP contribution in [-0.2, 0) is 10.3 Å². The Balaban J connectivity index is 1.44. The Morgan fingerprint density at radius 2 is 1.96 bits per heavy atom. The molecule has 2 N–H and O–H groups in total. The number of nitrogens with zero attached hydrogens (tertiary/aromatic N) is 3. The van der Waals surface area contributed by atoms with Gasteiger partial charge in [0.1, 0.15) is 11.5 Å². The fourth-order valence-electron chi connectivity index (χ4n) is 4.11. The lowest BCUT2D eigenvalue weighted by Gasteiger charge is -2.44. The quantitative estimate of drug-likeness (QED) is 0.724. The third-order valence-electron chi connectivity index (χ3n) is 5.92. The zero-order valence-electron chi connectivity index (χ0n) is 15.2. The van der Waals surface area contributed by atoms with Gasteiger partial charge in [-0.25, -0.2) is 13.8 Å². The summed E-state index contributed by atoms with van der Waals surface area (Å²) in [6, 6.07) is 3.27. The summed E-state index contributed by atoms with van der Waals surface area (Å²) in [5.74, 6) is -0.996. The standard InChI is InChI=1S/C20H20F2N4O2/c21-15-7-17(13-1-4-23-19-18(13)16(22)9-25-19)24-8-14(15)20(27)2-5-26(6-3-20)12-10-28-11-12/h1,4,7-9,12,27H,2-3,5-6,10-11H2,(H,23,25). The molecule has 8 heteroatoms. The molecule has 0 spiro atoms. The zero-order chi connectivity index (χ0) is 19.3. The van der Waals surface area contributed by atoms with E-state index in [1.165, 1.54) is 24.7 Å². The molecule has 0 bridgehead atoms. The highest BCUT2D eigenvalue weighted by Crippen LogP contribution is 2.37. The minimum absolute atomic E-state index is 0.195. The van der Waals surface area contributed by atoms with Crippen LogP contribution in [0.25, 0.3) is 22.3 Å². The third-order valence-corrected chi connectivity index (χ3v) is 5.92. The van der Waals surface area contributed by atoms with Gasteiger partial charge in [0, 0.05) is 48.9 Å². The lowest BCUT2D eigenvalue weighted by Crippen LogP contribution is -2.54. The first kappa shape index (κ1) is 17.7. The number of fused-ring (bicyclic) bond motifs is 1. The summed E-state index contributed by atoms with van der Waals surface area (Å²) in [4.78, 5) is 13.4. The second-order valence-electron chi connectivity index (χ2n) is 7.53. The molecular formula is C20H20F2N4O2. The minimum Gasteiger partial charge on any atom is -0.385 e. The molecule has 2 aliphatic rings. The summed E-state index contributed by atoms with van der Waals surface area (Å²) in [5.41, 5.74) is 0.0949. The number of ether oxygens (including phenoxy) is 1. The van der Waals surface area contributed by atoms with E-state index in [4.69, 9.17) is 4.74 Å². The summed E-state index contributed by atoms with van der Waals surface area (Å²) in [6.07, 6.45) is 4.99. The minimum atomic E-state index is -1.25. The van der Waals surface area contributed by atoms with E-state index in [1.54, 1.807) is 6.07 Å². The highest BCUT2D eigenvalue weighted by molar-refractivity contribution is 5.92. The number of halogens is 2. The number of aromatic nitrogens is 3. The molecule has 0 aliphatic carbocycles. The first-order valence-electron chi connectivity index (χ1n) is 9.37. The molecule has 3 aromatic heterocycles. The molecule has 2 aliphatic heterocycles. The Morgan fingerprint density at radius 1 is 1.18 bits per heavy atom. The predicted octanol–water partition coefficient (Wildman–Crippen LogP) is 2.59. The third kappa shape index (κ3) is 2.80. The molecular weight excluding hydrogens is 366 g/mol. The van der Waals surface area contributed by atoms with Gasteiger partial charge in [0.05, 0.1) is 35.9 Å². The van der Waals surface area contributed by atoms with Gasteiger partial charge in [-0.1, -0.05) is 0 Å². The molecule has 2 fully saturated rings. The van der Waals surface area contributed by atoms with Crippen molar-refractivity contribution >= 4 is 11.0 Å². The molecule has 0 amide bonds. The van der Waals surface area contributed by atoms with Crippen molar-refractivity contribution in [2.24, 2.45) is 0 Å². The molecule has 5 heterocycles. The molecule has 0 saturated carbocycles. The summed E-state index contributed by atoms with van der Waals surface area (Å²) in [5, 5.41) is 11.3. The molecule has 5 rings (SSSR count). The number of likely N-dealkylation sites (tertiary alicyclic amines) is 1. The van der Waals surface area contributed by atoms with E-state index in [1.807, 2.05) is 0 Å². The second kappa shape index (κ2) is 6.58. The Labute approximate surface area is 160 Å². The van der Waals surface area contributed by atoms with E-state index in [0.717, 1.165) is 13.2 Å². The van der Waals surface area contributed by atoms with Crippen molar-refractivity contribution in [1.29, 1.82) is 0 Å². The maximum absolute atomic E-state index is 15.0. The van der Waals surface area contributed by atoms with Crippen LogP contribution in [0.3, 0.4) is 0 Å². The van der Waals surface area contributed by atoms with E-state index >= 15 is 0 Å². The summed E-state index contributed by atoms with van der Waals surface area (Å²) in [7, 11) is 0. The molecule has 3 aromatic rings. The van der Waals surface area contributed by atoms with Crippen LogP contribution in [0.5, 0.6) is 0 Å². The van der Waals surface area contributed by atoms with Crippen LogP contribution < -0.4 is 0 Å². The Morgan fingerprint density at radius 3 is 2.64 bits per heavy atom. The number of H-pyrrole nitrogens is 1. The van der Waals surface area contributed by atoms with Gasteiger partial charge in [-0.2, -0.15) is 0 Å². The lowest BCUT2D eigenvalue weighted by molar-refractivity contribution is -0.102. The van der Waals surface area contributed by atoms with Crippen molar-refractivity contribution < 1.29 is 18.6 Å². The smallest absolute Gasteiger partial charge is 0.150 e. The number of aliphatic hydroxyl groups is 1. The number of hydrogen-bond acceptors (Lipinski definition) is 5. The summed E-state index contributed by atoms with van der Waals surface area (Å²) >= 11 is 0. The second-order valence-corrected chi connectivity index (χ2v) is 7.53. The van der Waals surface area contributed by atoms with Gasteiger partial charge in [-0.3, -0.25) is 9.88 Å². The number of nitrogens with one attached hydrogen (secondary N) is 1. The molecule has 0 unspecified atom stereocenters. The van der Waals surface area contributed by atoms with Crippen LogP contribution >= 0.6 is 0 Å². The van der Waals surface area contributed by atoms with Crippen LogP contribution in [-0.4, -0.2) is 57.3 Å². The molecule has 28 heavy (non-hydrogen) atoms. The van der Waals surface area contributed by atoms with E-state index in [9.17, 15) is 13.9 Å². The number of piperidine rings is 1. The number of pyridine rings is 2. The van der Waals surface area contributed by atoms with Gasteiger partial charge in [0.25, 0.3) is 0 Å². The first-order valence-corrected chi connectivity index (χ1v) is 9.37. The SMILES string of the molecule is OC1(c2cnc(-c3ccnc4[nH]cc(F)c34)cc2F)CCN(C2COC2)CC1. The van der Waals surface area contributed by atoms with Crippen molar-refractivity contribution in [3.05, 3.63) is 47.9 Å². The van der Waals surface area contributed by atoms with Crippen LogP contribution in [0, 0.1) is 11.6 Å². The van der Waals surface area contributed by atoms with E-state index in [2.05, 4.69) is 19.9 Å². The first-order chi connectivity index (χ1) is 13.5. The van der Waals surface area contributed by atoms with Gasteiger partial charge < -0.3 is 14.8 Å². The fraction of sp³-hybridized carbons (Fsp3) is 0.400. The molecule has 6 nitrogen and oxygen atoms in total. The van der Waals surface area contributed by atoms with Gasteiger partial charge in [-0.15, -0.1) is 0 Å². The molecule has 0 aromatic carbocycles. The fourth-order valence-corrected chi connectivity index (χ4v) is 4.11. The average molecular weight is 386 g/mol. The summed E-state index contributed by atoms with van der Waals surface area (Å²) < 4.78 is 34.3. The monoisotopic (exact) mass is 386 g/mol. The largest absolute Gasteiger partial charge is 0.385 e. The van der Waals surface area contributed by atoms with Crippen molar-refractivity contribution in [2.75, 3.05) is 26.3 Å². The molecule has 2 saturated heterocycles. The Bertz CT molecular complexity index is 1030. The number of rotatable bonds is 3. The maximum atomic E-state index is 15.0. The van der Waals surface area contributed by atoms with E-state index in [0.29, 0.717) is 48.9 Å². The Kier molecular flexibility index (Phi) is 4.15. The van der Waals surface area contributed by atoms with Crippen molar-refractivity contribution in [2.45, 2.75) is 24.5 Å². The van der Waals surface area contributed by atoms with Gasteiger partial charge in [-0.05, 0) is 18.9 Å². The Hall–Kier alpha value is -2.42. The zero-order valence-corrected chi connectivity index (χ0v) is 15.2. The van der Waals surface area contributed by atoms with Gasteiger partial charge in [0.2, 0.25) is 0 Å². The lowest BCUT2D eigenvalue weighted by atomic mass is 9.84. The summed E-state index contributed by atoms with van der Waals surface area (Å²) in [6.45, 7) is 2.81. The molecule has 146 valence electrons. The van der Waals surface area contributed by atoms with E-state index in [-0.39, 0.29) is 10.9 Å². The van der Waals surface area contributed by atoms with Crippen LogP contribution in [0.1, 0.15) is 18.4 Å². The molecule has 0 radical (unpaired) electrons. The van der Waals surface area contributed by atoms with E-state index < -0.39 is 17.2 Å². The topological polar surface area (TPSA) is 74.3 Å².